The molecule has 10 heteroatoms. The maximum Gasteiger partial charge on any atom is 0.389 e. The number of aryl methyl sites for hydroxylation is 1. The largest absolute Gasteiger partial charge is 0.389 e. The van der Waals surface area contributed by atoms with Gasteiger partial charge in [-0.3, -0.25) is 4.79 Å². The molecule has 0 saturated heterocycles. The van der Waals surface area contributed by atoms with Crippen LogP contribution >= 0.6 is 0 Å². The van der Waals surface area contributed by atoms with E-state index in [1.54, 1.807) is 29.2 Å². The molecule has 26 heavy (non-hydrogen) atoms. The second-order valence-electron chi connectivity index (χ2n) is 5.98. The van der Waals surface area contributed by atoms with Crippen molar-refractivity contribution in [3.8, 4) is 11.5 Å². The standard InChI is InChI=1S/C16H13F3N6O/c17-16(18,19)3-1-2-10-9-6-13(26)23-14(9)24-15(22-10)11-8-25-5-4-20-12(25)7-21-11/h4-5,7-8H,1-3,6H2,(H,22,23,24,26). The average Bonchev–Trinajstić information content (AvgIpc) is 3.17. The zero-order chi connectivity index (χ0) is 18.3. The molecule has 0 aromatic carbocycles. The third-order valence-corrected chi connectivity index (χ3v) is 4.07. The van der Waals surface area contributed by atoms with E-state index in [0.29, 0.717) is 28.4 Å². The summed E-state index contributed by atoms with van der Waals surface area (Å²) in [6.45, 7) is 0. The van der Waals surface area contributed by atoms with Crippen molar-refractivity contribution in [2.45, 2.75) is 31.9 Å². The van der Waals surface area contributed by atoms with Gasteiger partial charge in [-0.15, -0.1) is 0 Å². The molecule has 0 radical (unpaired) electrons. The first-order chi connectivity index (χ1) is 12.4. The Morgan fingerprint density at radius 1 is 1.23 bits per heavy atom. The van der Waals surface area contributed by atoms with Gasteiger partial charge >= 0.3 is 6.18 Å². The fourth-order valence-electron chi connectivity index (χ4n) is 2.88. The van der Waals surface area contributed by atoms with Gasteiger partial charge < -0.3 is 9.72 Å². The Hall–Kier alpha value is -3.04. The third-order valence-electron chi connectivity index (χ3n) is 4.07. The fraction of sp³-hybridized carbons (Fsp3) is 0.312. The lowest BCUT2D eigenvalue weighted by molar-refractivity contribution is -0.135. The van der Waals surface area contributed by atoms with Crippen LogP contribution < -0.4 is 5.32 Å². The molecular weight excluding hydrogens is 349 g/mol. The van der Waals surface area contributed by atoms with E-state index in [-0.39, 0.29) is 31.0 Å². The summed E-state index contributed by atoms with van der Waals surface area (Å²) >= 11 is 0. The molecule has 1 amide bonds. The Bertz CT molecular complexity index is 997. The van der Waals surface area contributed by atoms with Crippen LogP contribution in [0.15, 0.2) is 24.8 Å². The lowest BCUT2D eigenvalue weighted by Gasteiger charge is -2.10. The van der Waals surface area contributed by atoms with Crippen LogP contribution in [0.1, 0.15) is 24.1 Å². The number of nitrogens with zero attached hydrogens (tertiary/aromatic N) is 5. The van der Waals surface area contributed by atoms with Crippen LogP contribution in [0, 0.1) is 0 Å². The number of fused-ring (bicyclic) bond motifs is 2. The monoisotopic (exact) mass is 362 g/mol. The Labute approximate surface area is 145 Å². The molecule has 3 aromatic rings. The highest BCUT2D eigenvalue weighted by Gasteiger charge is 2.28. The SMILES string of the molecule is O=C1Cc2c(CCCC(F)(F)F)nc(-c3cn4ccnc4cn3)nc2N1. The zero-order valence-corrected chi connectivity index (χ0v) is 13.4. The number of imidazole rings is 1. The Morgan fingerprint density at radius 2 is 2.08 bits per heavy atom. The predicted octanol–water partition coefficient (Wildman–Crippen LogP) is 2.57. The molecule has 0 atom stereocenters. The molecule has 0 bridgehead atoms. The molecule has 0 unspecified atom stereocenters. The van der Waals surface area contributed by atoms with E-state index in [4.69, 9.17) is 0 Å². The van der Waals surface area contributed by atoms with Gasteiger partial charge in [-0.25, -0.2) is 19.9 Å². The molecule has 0 spiro atoms. The van der Waals surface area contributed by atoms with Crippen molar-refractivity contribution in [2.75, 3.05) is 5.32 Å². The zero-order valence-electron chi connectivity index (χ0n) is 13.4. The molecule has 134 valence electrons. The van der Waals surface area contributed by atoms with Crippen molar-refractivity contribution >= 4 is 17.4 Å². The minimum absolute atomic E-state index is 0.0744. The summed E-state index contributed by atoms with van der Waals surface area (Å²) in [4.78, 5) is 28.8. The molecule has 7 nitrogen and oxygen atoms in total. The summed E-state index contributed by atoms with van der Waals surface area (Å²) in [5.74, 6) is 0.347. The quantitative estimate of drug-likeness (QED) is 0.771. The smallest absolute Gasteiger partial charge is 0.310 e. The van der Waals surface area contributed by atoms with Crippen LogP contribution in [0.3, 0.4) is 0 Å². The number of carbonyl (C=O) groups is 1. The van der Waals surface area contributed by atoms with Gasteiger partial charge in [0.15, 0.2) is 11.5 Å². The minimum Gasteiger partial charge on any atom is -0.310 e. The van der Waals surface area contributed by atoms with Gasteiger partial charge in [0.25, 0.3) is 0 Å². The highest BCUT2D eigenvalue weighted by Crippen LogP contribution is 2.29. The van der Waals surface area contributed by atoms with E-state index >= 15 is 0 Å². The minimum atomic E-state index is -4.22. The van der Waals surface area contributed by atoms with Crippen molar-refractivity contribution < 1.29 is 18.0 Å². The van der Waals surface area contributed by atoms with Crippen molar-refractivity contribution in [3.63, 3.8) is 0 Å². The predicted molar refractivity (Wildman–Crippen MR) is 85.3 cm³/mol. The van der Waals surface area contributed by atoms with Crippen LogP contribution in [-0.2, 0) is 17.6 Å². The van der Waals surface area contributed by atoms with Gasteiger partial charge in [0.05, 0.1) is 18.3 Å². The molecule has 0 fully saturated rings. The van der Waals surface area contributed by atoms with Crippen LogP contribution in [0.2, 0.25) is 0 Å². The number of amides is 1. The summed E-state index contributed by atoms with van der Waals surface area (Å²) in [7, 11) is 0. The van der Waals surface area contributed by atoms with E-state index in [9.17, 15) is 18.0 Å². The number of hydrogen-bond donors (Lipinski definition) is 1. The molecule has 3 aromatic heterocycles. The maximum absolute atomic E-state index is 12.4. The molecule has 4 rings (SSSR count). The second kappa shape index (κ2) is 6.04. The molecule has 1 N–H and O–H groups in total. The molecule has 1 aliphatic heterocycles. The first-order valence-electron chi connectivity index (χ1n) is 7.94. The van der Waals surface area contributed by atoms with Crippen molar-refractivity contribution in [2.24, 2.45) is 0 Å². The van der Waals surface area contributed by atoms with Crippen LogP contribution in [0.25, 0.3) is 17.2 Å². The third kappa shape index (κ3) is 3.22. The fourth-order valence-corrected chi connectivity index (χ4v) is 2.88. The van der Waals surface area contributed by atoms with E-state index in [1.807, 2.05) is 0 Å². The van der Waals surface area contributed by atoms with Crippen molar-refractivity contribution in [1.82, 2.24) is 24.3 Å². The maximum atomic E-state index is 12.4. The van der Waals surface area contributed by atoms with Crippen LogP contribution in [0.5, 0.6) is 0 Å². The molecule has 0 saturated carbocycles. The van der Waals surface area contributed by atoms with Crippen LogP contribution in [0.4, 0.5) is 19.0 Å². The number of nitrogens with one attached hydrogen (secondary N) is 1. The molecular formula is C16H13F3N6O. The molecule has 1 aliphatic rings. The number of alkyl halides is 3. The van der Waals surface area contributed by atoms with Gasteiger partial charge in [0, 0.05) is 30.6 Å². The Morgan fingerprint density at radius 3 is 2.88 bits per heavy atom. The molecule has 4 heterocycles. The highest BCUT2D eigenvalue weighted by molar-refractivity contribution is 5.98. The second-order valence-corrected chi connectivity index (χ2v) is 5.98. The van der Waals surface area contributed by atoms with Gasteiger partial charge in [0.2, 0.25) is 5.91 Å². The van der Waals surface area contributed by atoms with Crippen molar-refractivity contribution in [1.29, 1.82) is 0 Å². The first-order valence-corrected chi connectivity index (χ1v) is 7.94. The Balaban J connectivity index is 1.70. The number of halogens is 3. The molecule has 0 aliphatic carbocycles. The van der Waals surface area contributed by atoms with E-state index < -0.39 is 12.6 Å². The van der Waals surface area contributed by atoms with E-state index in [1.165, 1.54) is 0 Å². The van der Waals surface area contributed by atoms with Crippen LogP contribution in [-0.4, -0.2) is 36.4 Å². The summed E-state index contributed by atoms with van der Waals surface area (Å²) in [6, 6.07) is 0. The topological polar surface area (TPSA) is 85.1 Å². The summed E-state index contributed by atoms with van der Waals surface area (Å²) in [5.41, 5.74) is 2.09. The van der Waals surface area contributed by atoms with Gasteiger partial charge in [-0.1, -0.05) is 0 Å². The van der Waals surface area contributed by atoms with E-state index in [2.05, 4.69) is 25.3 Å². The van der Waals surface area contributed by atoms with Gasteiger partial charge in [-0.05, 0) is 12.8 Å². The number of anilines is 1. The number of aromatic nitrogens is 5. The van der Waals surface area contributed by atoms with Gasteiger partial charge in [-0.2, -0.15) is 13.2 Å². The number of hydrogen-bond acceptors (Lipinski definition) is 5. The first kappa shape index (κ1) is 16.4. The van der Waals surface area contributed by atoms with Gasteiger partial charge in [0.1, 0.15) is 11.5 Å². The number of rotatable bonds is 4. The lowest BCUT2D eigenvalue weighted by atomic mass is 10.1. The van der Waals surface area contributed by atoms with E-state index in [0.717, 1.165) is 0 Å². The normalized spacial score (nSPS) is 13.9. The summed E-state index contributed by atoms with van der Waals surface area (Å²) in [5, 5.41) is 2.63. The highest BCUT2D eigenvalue weighted by atomic mass is 19.4. The number of carbonyl (C=O) groups excluding carboxylic acids is 1. The Kier molecular flexibility index (Phi) is 3.82. The van der Waals surface area contributed by atoms with Crippen molar-refractivity contribution in [3.05, 3.63) is 36.0 Å². The summed E-state index contributed by atoms with van der Waals surface area (Å²) in [6.07, 6.45) is 1.54. The summed E-state index contributed by atoms with van der Waals surface area (Å²) < 4.78 is 39.1. The average molecular weight is 362 g/mol. The lowest BCUT2D eigenvalue weighted by Crippen LogP contribution is -2.09.